The normalized spacial score (nSPS) is 19.3. The summed E-state index contributed by atoms with van der Waals surface area (Å²) in [5, 5.41) is 5.22. The minimum Gasteiger partial charge on any atom is -0.307 e. The van der Waals surface area contributed by atoms with Crippen LogP contribution in [0.15, 0.2) is 5.10 Å². The molecule has 0 radical (unpaired) electrons. The highest BCUT2D eigenvalue weighted by molar-refractivity contribution is 5.53. The third kappa shape index (κ3) is 1.04. The molecule has 0 aromatic heterocycles. The van der Waals surface area contributed by atoms with Gasteiger partial charge in [-0.15, -0.1) is 0 Å². The SMILES string of the molecule is NN1C=NNCC1. The van der Waals surface area contributed by atoms with Crippen LogP contribution < -0.4 is 11.3 Å². The van der Waals surface area contributed by atoms with E-state index in [1.54, 1.807) is 6.34 Å². The Morgan fingerprint density at radius 3 is 3.00 bits per heavy atom. The van der Waals surface area contributed by atoms with Crippen molar-refractivity contribution < 1.29 is 0 Å². The Hall–Kier alpha value is -0.770. The quantitative estimate of drug-likeness (QED) is 0.372. The first kappa shape index (κ1) is 4.39. The van der Waals surface area contributed by atoms with Gasteiger partial charge in [0.15, 0.2) is 0 Å². The molecule has 0 bridgehead atoms. The van der Waals surface area contributed by atoms with E-state index < -0.39 is 0 Å². The summed E-state index contributed by atoms with van der Waals surface area (Å²) >= 11 is 0. The van der Waals surface area contributed by atoms with Gasteiger partial charge in [-0.2, -0.15) is 5.10 Å². The van der Waals surface area contributed by atoms with E-state index in [0.29, 0.717) is 0 Å². The van der Waals surface area contributed by atoms with Crippen LogP contribution in [0.3, 0.4) is 0 Å². The molecule has 0 aliphatic carbocycles. The summed E-state index contributed by atoms with van der Waals surface area (Å²) < 4.78 is 0. The van der Waals surface area contributed by atoms with Gasteiger partial charge in [0.05, 0.1) is 13.1 Å². The fraction of sp³-hybridized carbons (Fsp3) is 0.667. The van der Waals surface area contributed by atoms with Crippen LogP contribution in [0.4, 0.5) is 0 Å². The van der Waals surface area contributed by atoms with Crippen molar-refractivity contribution in [2.75, 3.05) is 13.1 Å². The van der Waals surface area contributed by atoms with Crippen LogP contribution in [0.5, 0.6) is 0 Å². The third-order valence-electron chi connectivity index (χ3n) is 0.779. The Kier molecular flexibility index (Phi) is 1.12. The number of nitrogens with one attached hydrogen (secondary N) is 1. The number of hydrazone groups is 1. The van der Waals surface area contributed by atoms with Crippen molar-refractivity contribution in [3.05, 3.63) is 0 Å². The number of hydrogen-bond acceptors (Lipinski definition) is 4. The molecule has 0 fully saturated rings. The van der Waals surface area contributed by atoms with E-state index in [2.05, 4.69) is 10.5 Å². The standard InChI is InChI=1S/C3H8N4/c4-7-2-1-5-6-3-7/h3,5H,1-2,4H2. The summed E-state index contributed by atoms with van der Waals surface area (Å²) in [4.78, 5) is 0. The molecular formula is C3H8N4. The summed E-state index contributed by atoms with van der Waals surface area (Å²) in [5.74, 6) is 5.28. The molecule has 0 unspecified atom stereocenters. The first-order chi connectivity index (χ1) is 3.39. The van der Waals surface area contributed by atoms with E-state index >= 15 is 0 Å². The van der Waals surface area contributed by atoms with Gasteiger partial charge in [0.1, 0.15) is 6.34 Å². The van der Waals surface area contributed by atoms with Crippen LogP contribution in [-0.4, -0.2) is 24.4 Å². The summed E-state index contributed by atoms with van der Waals surface area (Å²) in [5.41, 5.74) is 2.76. The van der Waals surface area contributed by atoms with Crippen molar-refractivity contribution in [2.24, 2.45) is 10.9 Å². The lowest BCUT2D eigenvalue weighted by molar-refractivity contribution is 0.415. The minimum absolute atomic E-state index is 0.837. The summed E-state index contributed by atoms with van der Waals surface area (Å²) in [6.07, 6.45) is 1.56. The predicted octanol–water partition coefficient (Wildman–Crippen LogP) is -1.29. The van der Waals surface area contributed by atoms with Crippen molar-refractivity contribution >= 4 is 6.34 Å². The van der Waals surface area contributed by atoms with Gasteiger partial charge in [0.25, 0.3) is 0 Å². The van der Waals surface area contributed by atoms with Crippen molar-refractivity contribution in [3.63, 3.8) is 0 Å². The van der Waals surface area contributed by atoms with Crippen molar-refractivity contribution in [3.8, 4) is 0 Å². The van der Waals surface area contributed by atoms with Gasteiger partial charge in [-0.05, 0) is 0 Å². The highest BCUT2D eigenvalue weighted by Crippen LogP contribution is 1.74. The first-order valence-corrected chi connectivity index (χ1v) is 2.17. The number of rotatable bonds is 0. The molecule has 0 saturated carbocycles. The zero-order valence-corrected chi connectivity index (χ0v) is 3.96. The molecule has 4 nitrogen and oxygen atoms in total. The average Bonchev–Trinajstić information content (AvgIpc) is 1.69. The maximum Gasteiger partial charge on any atom is 0.125 e. The van der Waals surface area contributed by atoms with E-state index in [1.807, 2.05) is 0 Å². The maximum atomic E-state index is 5.28. The van der Waals surface area contributed by atoms with Crippen molar-refractivity contribution in [2.45, 2.75) is 0 Å². The summed E-state index contributed by atoms with van der Waals surface area (Å²) in [6, 6.07) is 0. The molecular weight excluding hydrogens is 92.1 g/mol. The molecule has 1 heterocycles. The lowest BCUT2D eigenvalue weighted by Gasteiger charge is -2.15. The second-order valence-corrected chi connectivity index (χ2v) is 1.39. The van der Waals surface area contributed by atoms with Crippen LogP contribution in [0.2, 0.25) is 0 Å². The highest BCUT2D eigenvalue weighted by atomic mass is 15.5. The number of hydrazine groups is 1. The van der Waals surface area contributed by atoms with Crippen LogP contribution in [-0.2, 0) is 0 Å². The van der Waals surface area contributed by atoms with Crippen molar-refractivity contribution in [1.82, 2.24) is 10.4 Å². The molecule has 0 aromatic carbocycles. The molecule has 0 amide bonds. The topological polar surface area (TPSA) is 53.6 Å². The lowest BCUT2D eigenvalue weighted by Crippen LogP contribution is -2.39. The molecule has 0 saturated heterocycles. The molecule has 7 heavy (non-hydrogen) atoms. The van der Waals surface area contributed by atoms with E-state index in [9.17, 15) is 0 Å². The van der Waals surface area contributed by atoms with Crippen LogP contribution >= 0.6 is 0 Å². The molecule has 0 aromatic rings. The van der Waals surface area contributed by atoms with E-state index in [-0.39, 0.29) is 0 Å². The Balaban J connectivity index is 2.36. The van der Waals surface area contributed by atoms with Crippen LogP contribution in [0.1, 0.15) is 0 Å². The Labute approximate surface area is 41.9 Å². The van der Waals surface area contributed by atoms with Gasteiger partial charge in [-0.25, -0.2) is 5.84 Å². The Morgan fingerprint density at radius 1 is 1.86 bits per heavy atom. The minimum atomic E-state index is 0.837. The molecule has 0 atom stereocenters. The second kappa shape index (κ2) is 1.79. The van der Waals surface area contributed by atoms with E-state index in [0.717, 1.165) is 13.1 Å². The largest absolute Gasteiger partial charge is 0.307 e. The predicted molar refractivity (Wildman–Crippen MR) is 27.4 cm³/mol. The maximum absolute atomic E-state index is 5.28. The van der Waals surface area contributed by atoms with Gasteiger partial charge >= 0.3 is 0 Å². The fourth-order valence-corrected chi connectivity index (χ4v) is 0.416. The smallest absolute Gasteiger partial charge is 0.125 e. The average molecular weight is 100 g/mol. The zero-order valence-electron chi connectivity index (χ0n) is 3.96. The zero-order chi connectivity index (χ0) is 5.11. The first-order valence-electron chi connectivity index (χ1n) is 2.17. The van der Waals surface area contributed by atoms with Crippen LogP contribution in [0, 0.1) is 0 Å². The lowest BCUT2D eigenvalue weighted by atomic mass is 10.6. The molecule has 3 N–H and O–H groups in total. The number of nitrogens with two attached hydrogens (primary N) is 1. The molecule has 1 aliphatic heterocycles. The van der Waals surface area contributed by atoms with Gasteiger partial charge in [-0.3, -0.25) is 5.01 Å². The van der Waals surface area contributed by atoms with E-state index in [1.165, 1.54) is 5.01 Å². The number of nitrogens with zero attached hydrogens (tertiary/aromatic N) is 2. The molecule has 0 spiro atoms. The Bertz CT molecular complexity index is 79.0. The monoisotopic (exact) mass is 100 g/mol. The molecule has 1 aliphatic rings. The van der Waals surface area contributed by atoms with Gasteiger partial charge < -0.3 is 5.43 Å². The number of hydrogen-bond donors (Lipinski definition) is 2. The fourth-order valence-electron chi connectivity index (χ4n) is 0.416. The van der Waals surface area contributed by atoms with Gasteiger partial charge in [-0.1, -0.05) is 0 Å². The second-order valence-electron chi connectivity index (χ2n) is 1.39. The van der Waals surface area contributed by atoms with Gasteiger partial charge in [0.2, 0.25) is 0 Å². The van der Waals surface area contributed by atoms with Crippen LogP contribution in [0.25, 0.3) is 0 Å². The molecule has 40 valence electrons. The summed E-state index contributed by atoms with van der Waals surface area (Å²) in [6.45, 7) is 1.68. The molecule has 4 heteroatoms. The van der Waals surface area contributed by atoms with E-state index in [4.69, 9.17) is 5.84 Å². The summed E-state index contributed by atoms with van der Waals surface area (Å²) in [7, 11) is 0. The Morgan fingerprint density at radius 2 is 2.71 bits per heavy atom. The highest BCUT2D eigenvalue weighted by Gasteiger charge is 1.94. The van der Waals surface area contributed by atoms with Crippen molar-refractivity contribution in [1.29, 1.82) is 0 Å². The molecule has 1 rings (SSSR count). The third-order valence-corrected chi connectivity index (χ3v) is 0.779. The van der Waals surface area contributed by atoms with Gasteiger partial charge in [0, 0.05) is 0 Å².